The molecule has 0 aliphatic heterocycles. The molecular formula is C21H19FN8O3. The maximum atomic E-state index is 13.1. The zero-order valence-corrected chi connectivity index (χ0v) is 17.9. The summed E-state index contributed by atoms with van der Waals surface area (Å²) in [6, 6.07) is 8.04. The largest absolute Gasteiger partial charge is 0.494 e. The van der Waals surface area contributed by atoms with Crippen molar-refractivity contribution in [1.82, 2.24) is 29.7 Å². The summed E-state index contributed by atoms with van der Waals surface area (Å²) in [6.45, 7) is 0. The van der Waals surface area contributed by atoms with Crippen LogP contribution in [0.15, 0.2) is 49.1 Å². The van der Waals surface area contributed by atoms with Crippen molar-refractivity contribution < 1.29 is 18.7 Å². The summed E-state index contributed by atoms with van der Waals surface area (Å²) in [7, 11) is 4.54. The molecule has 0 radical (unpaired) electrons. The molecule has 4 aromatic rings. The smallest absolute Gasteiger partial charge is 0.343 e. The molecule has 168 valence electrons. The van der Waals surface area contributed by atoms with Crippen molar-refractivity contribution >= 4 is 29.2 Å². The molecule has 33 heavy (non-hydrogen) atoms. The Balaban J connectivity index is 1.73. The number of nitrogens with one attached hydrogen (secondary N) is 2. The van der Waals surface area contributed by atoms with E-state index in [1.165, 1.54) is 32.5 Å². The van der Waals surface area contributed by atoms with Gasteiger partial charge in [0.05, 0.1) is 31.7 Å². The highest BCUT2D eigenvalue weighted by molar-refractivity contribution is 5.95. The van der Waals surface area contributed by atoms with Crippen molar-refractivity contribution in [2.45, 2.75) is 0 Å². The van der Waals surface area contributed by atoms with Crippen molar-refractivity contribution in [1.29, 1.82) is 0 Å². The van der Waals surface area contributed by atoms with Gasteiger partial charge in [-0.05, 0) is 24.3 Å². The molecule has 0 spiro atoms. The van der Waals surface area contributed by atoms with Gasteiger partial charge in [0.15, 0.2) is 17.4 Å². The summed E-state index contributed by atoms with van der Waals surface area (Å²) in [5.74, 6) is 0.432. The monoisotopic (exact) mass is 450 g/mol. The van der Waals surface area contributed by atoms with Gasteiger partial charge in [-0.2, -0.15) is 10.1 Å². The summed E-state index contributed by atoms with van der Waals surface area (Å²) in [5, 5.41) is 10.3. The summed E-state index contributed by atoms with van der Waals surface area (Å²) in [5.41, 5.74) is 1.25. The molecule has 0 aliphatic rings. The average molecular weight is 450 g/mol. The summed E-state index contributed by atoms with van der Waals surface area (Å²) < 4.78 is 25.2. The molecule has 2 N–H and O–H groups in total. The molecule has 3 heterocycles. The lowest BCUT2D eigenvalue weighted by Gasteiger charge is -2.15. The number of halogens is 1. The summed E-state index contributed by atoms with van der Waals surface area (Å²) >= 11 is 0. The quantitative estimate of drug-likeness (QED) is 0.405. The van der Waals surface area contributed by atoms with Crippen molar-refractivity contribution in [3.05, 3.63) is 60.4 Å². The van der Waals surface area contributed by atoms with Crippen LogP contribution >= 0.6 is 0 Å². The Bertz CT molecular complexity index is 1290. The number of hydrogen-bond acceptors (Lipinski definition) is 10. The number of ether oxygens (including phenoxy) is 2. The summed E-state index contributed by atoms with van der Waals surface area (Å²) in [6.07, 6.45) is 3.95. The number of carbonyl (C=O) groups is 1. The van der Waals surface area contributed by atoms with Crippen LogP contribution in [-0.2, 0) is 11.8 Å². The zero-order chi connectivity index (χ0) is 23.4. The molecule has 0 amide bonds. The van der Waals surface area contributed by atoms with Crippen LogP contribution in [-0.4, -0.2) is 49.9 Å². The van der Waals surface area contributed by atoms with Gasteiger partial charge in [0.1, 0.15) is 23.5 Å². The van der Waals surface area contributed by atoms with Gasteiger partial charge in [0, 0.05) is 13.2 Å². The number of anilines is 4. The van der Waals surface area contributed by atoms with Gasteiger partial charge in [0.25, 0.3) is 0 Å². The fourth-order valence-electron chi connectivity index (χ4n) is 2.98. The fraction of sp³-hybridized carbons (Fsp3) is 0.143. The van der Waals surface area contributed by atoms with Crippen LogP contribution in [0.3, 0.4) is 0 Å². The molecular weight excluding hydrogens is 431 g/mol. The third kappa shape index (κ3) is 4.69. The highest BCUT2D eigenvalue weighted by Gasteiger charge is 2.19. The first-order valence-electron chi connectivity index (χ1n) is 9.62. The van der Waals surface area contributed by atoms with Crippen molar-refractivity contribution in [2.24, 2.45) is 7.05 Å². The molecule has 0 saturated heterocycles. The second-order valence-electron chi connectivity index (χ2n) is 6.69. The maximum absolute atomic E-state index is 13.1. The SMILES string of the molecule is COC(=O)c1cnc(Nc2ccc(F)cn2)nc1Nc1cccc(-c2ncn(C)n2)c1OC. The first-order chi connectivity index (χ1) is 16.0. The average Bonchev–Trinajstić information content (AvgIpc) is 3.26. The van der Waals surface area contributed by atoms with Gasteiger partial charge in [-0.25, -0.2) is 24.1 Å². The lowest BCUT2D eigenvalue weighted by molar-refractivity contribution is 0.0601. The first kappa shape index (κ1) is 21.6. The normalized spacial score (nSPS) is 10.5. The van der Waals surface area contributed by atoms with Crippen LogP contribution in [0.5, 0.6) is 5.75 Å². The lowest BCUT2D eigenvalue weighted by atomic mass is 10.1. The molecule has 12 heteroatoms. The fourth-order valence-corrected chi connectivity index (χ4v) is 2.98. The minimum Gasteiger partial charge on any atom is -0.494 e. The summed E-state index contributed by atoms with van der Waals surface area (Å²) in [4.78, 5) is 29.0. The second kappa shape index (κ2) is 9.26. The van der Waals surface area contributed by atoms with E-state index in [9.17, 15) is 9.18 Å². The maximum Gasteiger partial charge on any atom is 0.343 e. The van der Waals surface area contributed by atoms with E-state index in [4.69, 9.17) is 9.47 Å². The Morgan fingerprint density at radius 3 is 2.58 bits per heavy atom. The van der Waals surface area contributed by atoms with Crippen LogP contribution in [0.2, 0.25) is 0 Å². The van der Waals surface area contributed by atoms with E-state index >= 15 is 0 Å². The Morgan fingerprint density at radius 1 is 1.06 bits per heavy atom. The lowest BCUT2D eigenvalue weighted by Crippen LogP contribution is -2.11. The molecule has 0 saturated carbocycles. The third-order valence-corrected chi connectivity index (χ3v) is 4.47. The highest BCUT2D eigenvalue weighted by atomic mass is 19.1. The highest BCUT2D eigenvalue weighted by Crippen LogP contribution is 2.36. The minimum absolute atomic E-state index is 0.0959. The molecule has 0 bridgehead atoms. The van der Waals surface area contributed by atoms with Crippen LogP contribution in [0.25, 0.3) is 11.4 Å². The Labute approximate surface area is 187 Å². The topological polar surface area (TPSA) is 129 Å². The number of rotatable bonds is 7. The van der Waals surface area contributed by atoms with Crippen LogP contribution in [0.4, 0.5) is 27.7 Å². The number of carbonyl (C=O) groups excluding carboxylic acids is 1. The Kier molecular flexibility index (Phi) is 6.06. The van der Waals surface area contributed by atoms with E-state index in [-0.39, 0.29) is 17.3 Å². The predicted octanol–water partition coefficient (Wildman–Crippen LogP) is 3.09. The number of esters is 1. The molecule has 0 atom stereocenters. The zero-order valence-electron chi connectivity index (χ0n) is 17.9. The van der Waals surface area contributed by atoms with Gasteiger partial charge in [-0.3, -0.25) is 4.68 Å². The Hall–Kier alpha value is -4.61. The van der Waals surface area contributed by atoms with Crippen LogP contribution < -0.4 is 15.4 Å². The molecule has 11 nitrogen and oxygen atoms in total. The van der Waals surface area contributed by atoms with Gasteiger partial charge < -0.3 is 20.1 Å². The third-order valence-electron chi connectivity index (χ3n) is 4.47. The number of aromatic nitrogens is 6. The van der Waals surface area contributed by atoms with E-state index in [1.807, 2.05) is 6.07 Å². The van der Waals surface area contributed by atoms with E-state index in [2.05, 4.69) is 35.7 Å². The standard InChI is InChI=1S/C21H19FN8O3/c1-30-11-25-18(29-30)13-5-4-6-15(17(13)32-2)26-19-14(20(31)33-3)10-24-21(28-19)27-16-8-7-12(22)9-23-16/h4-11H,1-3H3,(H2,23,24,26,27,28). The number of nitrogens with zero attached hydrogens (tertiary/aromatic N) is 6. The van der Waals surface area contributed by atoms with Crippen LogP contribution in [0, 0.1) is 5.82 Å². The number of benzene rings is 1. The second-order valence-corrected chi connectivity index (χ2v) is 6.69. The number of methoxy groups -OCH3 is 2. The van der Waals surface area contributed by atoms with Gasteiger partial charge in [0.2, 0.25) is 5.95 Å². The van der Waals surface area contributed by atoms with E-state index in [0.717, 1.165) is 6.20 Å². The number of para-hydroxylation sites is 1. The van der Waals surface area contributed by atoms with Gasteiger partial charge in [-0.1, -0.05) is 6.07 Å². The van der Waals surface area contributed by atoms with Gasteiger partial charge >= 0.3 is 5.97 Å². The van der Waals surface area contributed by atoms with E-state index < -0.39 is 11.8 Å². The molecule has 1 aromatic carbocycles. The van der Waals surface area contributed by atoms with Crippen LogP contribution in [0.1, 0.15) is 10.4 Å². The van der Waals surface area contributed by atoms with Crippen molar-refractivity contribution in [2.75, 3.05) is 24.9 Å². The molecule has 4 rings (SSSR count). The Morgan fingerprint density at radius 2 is 1.91 bits per heavy atom. The van der Waals surface area contributed by atoms with E-state index in [1.54, 1.807) is 30.2 Å². The van der Waals surface area contributed by atoms with Crippen molar-refractivity contribution in [3.63, 3.8) is 0 Å². The first-order valence-corrected chi connectivity index (χ1v) is 9.62. The predicted molar refractivity (Wildman–Crippen MR) is 117 cm³/mol. The van der Waals surface area contributed by atoms with Crippen molar-refractivity contribution in [3.8, 4) is 17.1 Å². The molecule has 3 aromatic heterocycles. The minimum atomic E-state index is -0.634. The molecule has 0 fully saturated rings. The number of hydrogen-bond donors (Lipinski definition) is 2. The molecule has 0 aliphatic carbocycles. The number of pyridine rings is 1. The van der Waals surface area contributed by atoms with E-state index in [0.29, 0.717) is 28.6 Å². The number of aryl methyl sites for hydroxylation is 1. The van der Waals surface area contributed by atoms with Gasteiger partial charge in [-0.15, -0.1) is 0 Å². The molecule has 0 unspecified atom stereocenters.